The molecule has 0 spiro atoms. The fourth-order valence-electron chi connectivity index (χ4n) is 2.21. The summed E-state index contributed by atoms with van der Waals surface area (Å²) in [7, 11) is 0. The molecule has 0 aliphatic carbocycles. The van der Waals surface area contributed by atoms with Crippen LogP contribution < -0.4 is 10.2 Å². The van der Waals surface area contributed by atoms with E-state index in [1.54, 1.807) is 6.07 Å². The number of benzene rings is 1. The molecule has 1 unspecified atom stereocenters. The first kappa shape index (κ1) is 11.5. The van der Waals surface area contributed by atoms with Crippen molar-refractivity contribution in [3.05, 3.63) is 23.0 Å². The van der Waals surface area contributed by atoms with E-state index in [0.717, 1.165) is 30.9 Å². The Hall–Kier alpha value is -0.960. The topological polar surface area (TPSA) is 15.3 Å². The molecule has 2 nitrogen and oxygen atoms in total. The van der Waals surface area contributed by atoms with Crippen molar-refractivity contribution < 1.29 is 4.39 Å². The molecular formula is C12H16ClFN2. The summed E-state index contributed by atoms with van der Waals surface area (Å²) in [6, 6.07) is 3.61. The number of hydrogen-bond acceptors (Lipinski definition) is 2. The maximum atomic E-state index is 13.5. The van der Waals surface area contributed by atoms with Crippen LogP contribution >= 0.6 is 11.6 Å². The second kappa shape index (κ2) is 4.50. The predicted octanol–water partition coefficient (Wildman–Crippen LogP) is 3.51. The van der Waals surface area contributed by atoms with E-state index in [-0.39, 0.29) is 10.8 Å². The molecule has 0 fully saturated rings. The minimum Gasteiger partial charge on any atom is -0.383 e. The van der Waals surface area contributed by atoms with Crippen molar-refractivity contribution in [3.8, 4) is 0 Å². The lowest BCUT2D eigenvalue weighted by Crippen LogP contribution is -2.32. The highest BCUT2D eigenvalue weighted by Crippen LogP contribution is 2.34. The van der Waals surface area contributed by atoms with Gasteiger partial charge in [0.2, 0.25) is 0 Å². The first-order chi connectivity index (χ1) is 7.63. The quantitative estimate of drug-likeness (QED) is 0.811. The molecule has 0 radical (unpaired) electrons. The van der Waals surface area contributed by atoms with Gasteiger partial charge in [0.1, 0.15) is 5.82 Å². The molecule has 88 valence electrons. The zero-order chi connectivity index (χ0) is 11.7. The number of nitrogens with one attached hydrogen (secondary N) is 1. The number of anilines is 2. The predicted molar refractivity (Wildman–Crippen MR) is 67.0 cm³/mol. The molecule has 16 heavy (non-hydrogen) atoms. The Labute approximate surface area is 100 Å². The van der Waals surface area contributed by atoms with Crippen LogP contribution in [0.3, 0.4) is 0 Å². The SMILES string of the molecule is CCN1c2cc(F)c(Cl)cc2NCCC1C. The third-order valence-electron chi connectivity index (χ3n) is 3.10. The van der Waals surface area contributed by atoms with Crippen LogP contribution in [0.5, 0.6) is 0 Å². The van der Waals surface area contributed by atoms with Crippen LogP contribution in [-0.4, -0.2) is 19.1 Å². The van der Waals surface area contributed by atoms with E-state index >= 15 is 0 Å². The fourth-order valence-corrected chi connectivity index (χ4v) is 2.37. The van der Waals surface area contributed by atoms with Crippen LogP contribution in [0.4, 0.5) is 15.8 Å². The summed E-state index contributed by atoms with van der Waals surface area (Å²) in [4.78, 5) is 2.20. The molecule has 0 saturated carbocycles. The minimum absolute atomic E-state index is 0.178. The average Bonchev–Trinajstić information content (AvgIpc) is 2.38. The van der Waals surface area contributed by atoms with Crippen molar-refractivity contribution in [2.75, 3.05) is 23.3 Å². The van der Waals surface area contributed by atoms with Gasteiger partial charge in [0, 0.05) is 25.2 Å². The number of rotatable bonds is 1. The molecule has 0 aromatic heterocycles. The number of nitrogens with zero attached hydrogens (tertiary/aromatic N) is 1. The van der Waals surface area contributed by atoms with Gasteiger partial charge in [-0.15, -0.1) is 0 Å². The first-order valence-corrected chi connectivity index (χ1v) is 6.00. The molecule has 0 bridgehead atoms. The van der Waals surface area contributed by atoms with Crippen molar-refractivity contribution in [2.45, 2.75) is 26.3 Å². The summed E-state index contributed by atoms with van der Waals surface area (Å²) in [5.41, 5.74) is 1.84. The van der Waals surface area contributed by atoms with Gasteiger partial charge in [-0.1, -0.05) is 11.6 Å². The highest BCUT2D eigenvalue weighted by atomic mass is 35.5. The molecule has 0 amide bonds. The summed E-state index contributed by atoms with van der Waals surface area (Å²) in [6.07, 6.45) is 1.04. The van der Waals surface area contributed by atoms with E-state index in [1.807, 2.05) is 0 Å². The molecule has 1 heterocycles. The molecule has 1 aliphatic rings. The molecule has 1 N–H and O–H groups in total. The van der Waals surface area contributed by atoms with Crippen LogP contribution in [0.25, 0.3) is 0 Å². The first-order valence-electron chi connectivity index (χ1n) is 5.63. The van der Waals surface area contributed by atoms with E-state index in [9.17, 15) is 4.39 Å². The van der Waals surface area contributed by atoms with Crippen molar-refractivity contribution >= 4 is 23.0 Å². The van der Waals surface area contributed by atoms with E-state index < -0.39 is 0 Å². The Morgan fingerprint density at radius 3 is 3.00 bits per heavy atom. The van der Waals surface area contributed by atoms with Gasteiger partial charge < -0.3 is 10.2 Å². The van der Waals surface area contributed by atoms with Crippen LogP contribution in [0.2, 0.25) is 5.02 Å². The van der Waals surface area contributed by atoms with Gasteiger partial charge in [-0.25, -0.2) is 4.39 Å². The summed E-state index contributed by atoms with van der Waals surface area (Å²) < 4.78 is 13.5. The monoisotopic (exact) mass is 242 g/mol. The Morgan fingerprint density at radius 2 is 2.31 bits per heavy atom. The number of halogens is 2. The maximum Gasteiger partial charge on any atom is 0.144 e. The summed E-state index contributed by atoms with van der Waals surface area (Å²) in [6.45, 7) is 6.01. The Bertz CT molecular complexity index is 395. The summed E-state index contributed by atoms with van der Waals surface area (Å²) >= 11 is 5.79. The minimum atomic E-state index is -0.352. The fraction of sp³-hybridized carbons (Fsp3) is 0.500. The second-order valence-electron chi connectivity index (χ2n) is 4.13. The number of hydrogen-bond donors (Lipinski definition) is 1. The molecule has 1 atom stereocenters. The molecule has 2 rings (SSSR count). The Balaban J connectivity index is 2.49. The summed E-state index contributed by atoms with van der Waals surface area (Å²) in [5.74, 6) is -0.352. The van der Waals surface area contributed by atoms with Crippen LogP contribution in [0, 0.1) is 5.82 Å². The normalized spacial score (nSPS) is 20.0. The Kier molecular flexibility index (Phi) is 3.24. The van der Waals surface area contributed by atoms with Gasteiger partial charge in [-0.05, 0) is 26.3 Å². The van der Waals surface area contributed by atoms with Crippen molar-refractivity contribution in [3.63, 3.8) is 0 Å². The number of fused-ring (bicyclic) bond motifs is 1. The van der Waals surface area contributed by atoms with E-state index in [4.69, 9.17) is 11.6 Å². The van der Waals surface area contributed by atoms with E-state index in [1.165, 1.54) is 6.07 Å². The van der Waals surface area contributed by atoms with Crippen molar-refractivity contribution in [1.29, 1.82) is 0 Å². The van der Waals surface area contributed by atoms with Crippen molar-refractivity contribution in [2.24, 2.45) is 0 Å². The third-order valence-corrected chi connectivity index (χ3v) is 3.39. The van der Waals surface area contributed by atoms with E-state index in [2.05, 4.69) is 24.1 Å². The van der Waals surface area contributed by atoms with Gasteiger partial charge in [-0.3, -0.25) is 0 Å². The zero-order valence-corrected chi connectivity index (χ0v) is 10.3. The lowest BCUT2D eigenvalue weighted by atomic mass is 10.2. The molecule has 1 aromatic carbocycles. The van der Waals surface area contributed by atoms with Gasteiger partial charge in [0.15, 0.2) is 0 Å². The zero-order valence-electron chi connectivity index (χ0n) is 9.56. The van der Waals surface area contributed by atoms with Gasteiger partial charge in [-0.2, -0.15) is 0 Å². The molecule has 4 heteroatoms. The van der Waals surface area contributed by atoms with Gasteiger partial charge >= 0.3 is 0 Å². The van der Waals surface area contributed by atoms with Crippen LogP contribution in [-0.2, 0) is 0 Å². The molecule has 1 aliphatic heterocycles. The highest BCUT2D eigenvalue weighted by molar-refractivity contribution is 6.31. The van der Waals surface area contributed by atoms with E-state index in [0.29, 0.717) is 6.04 Å². The largest absolute Gasteiger partial charge is 0.383 e. The third kappa shape index (κ3) is 1.96. The van der Waals surface area contributed by atoms with Gasteiger partial charge in [0.25, 0.3) is 0 Å². The van der Waals surface area contributed by atoms with Gasteiger partial charge in [0.05, 0.1) is 16.4 Å². The lowest BCUT2D eigenvalue weighted by molar-refractivity contribution is 0.613. The molecular weight excluding hydrogens is 227 g/mol. The van der Waals surface area contributed by atoms with Crippen LogP contribution in [0.1, 0.15) is 20.3 Å². The summed E-state index contributed by atoms with van der Waals surface area (Å²) in [5, 5.41) is 3.47. The standard InChI is InChI=1S/C12H16ClFN2/c1-3-16-8(2)4-5-15-11-6-9(13)10(14)7-12(11)16/h6-8,15H,3-5H2,1-2H3. The second-order valence-corrected chi connectivity index (χ2v) is 4.54. The van der Waals surface area contributed by atoms with Crippen molar-refractivity contribution in [1.82, 2.24) is 0 Å². The smallest absolute Gasteiger partial charge is 0.144 e. The maximum absolute atomic E-state index is 13.5. The molecule has 1 aromatic rings. The Morgan fingerprint density at radius 1 is 1.56 bits per heavy atom. The lowest BCUT2D eigenvalue weighted by Gasteiger charge is -2.29. The highest BCUT2D eigenvalue weighted by Gasteiger charge is 2.21. The van der Waals surface area contributed by atoms with Crippen LogP contribution in [0.15, 0.2) is 12.1 Å². The molecule has 0 saturated heterocycles. The average molecular weight is 243 g/mol.